The molecule has 18 heavy (non-hydrogen) atoms. The van der Waals surface area contributed by atoms with Crippen LogP contribution in [0.25, 0.3) is 0 Å². The Morgan fingerprint density at radius 1 is 1.11 bits per heavy atom. The SMILES string of the molecule is CC(C)(C)c1nc(Oc2ccccc2)nc(=O)[nH]1. The maximum atomic E-state index is 11.5. The monoisotopic (exact) mass is 245 g/mol. The topological polar surface area (TPSA) is 67.9 Å². The second kappa shape index (κ2) is 4.60. The number of nitrogens with zero attached hydrogens (tertiary/aromatic N) is 2. The number of aromatic amines is 1. The molecule has 0 aliphatic heterocycles. The highest BCUT2D eigenvalue weighted by Gasteiger charge is 2.18. The molecule has 0 amide bonds. The zero-order valence-electron chi connectivity index (χ0n) is 10.6. The van der Waals surface area contributed by atoms with Crippen LogP contribution in [0.15, 0.2) is 35.1 Å². The molecule has 5 nitrogen and oxygen atoms in total. The van der Waals surface area contributed by atoms with Gasteiger partial charge in [-0.15, -0.1) is 4.98 Å². The van der Waals surface area contributed by atoms with E-state index in [1.54, 1.807) is 12.1 Å². The van der Waals surface area contributed by atoms with Gasteiger partial charge in [-0.25, -0.2) is 4.79 Å². The number of aromatic nitrogens is 3. The van der Waals surface area contributed by atoms with Gasteiger partial charge in [-0.2, -0.15) is 4.98 Å². The smallest absolute Gasteiger partial charge is 0.350 e. The third-order valence-electron chi connectivity index (χ3n) is 2.29. The van der Waals surface area contributed by atoms with Crippen LogP contribution in [0.5, 0.6) is 11.8 Å². The molecule has 0 spiro atoms. The average molecular weight is 245 g/mol. The van der Waals surface area contributed by atoms with Crippen molar-refractivity contribution in [2.24, 2.45) is 0 Å². The summed E-state index contributed by atoms with van der Waals surface area (Å²) in [6, 6.07) is 9.18. The van der Waals surface area contributed by atoms with Crippen LogP contribution in [-0.2, 0) is 5.41 Å². The molecule has 0 saturated carbocycles. The van der Waals surface area contributed by atoms with Crippen molar-refractivity contribution in [3.8, 4) is 11.8 Å². The molecule has 1 N–H and O–H groups in total. The lowest BCUT2D eigenvalue weighted by molar-refractivity contribution is 0.420. The van der Waals surface area contributed by atoms with Gasteiger partial charge in [0, 0.05) is 5.41 Å². The Balaban J connectivity index is 2.35. The van der Waals surface area contributed by atoms with E-state index in [0.717, 1.165) is 0 Å². The van der Waals surface area contributed by atoms with E-state index in [4.69, 9.17) is 4.74 Å². The van der Waals surface area contributed by atoms with Crippen molar-refractivity contribution in [2.45, 2.75) is 26.2 Å². The molecule has 0 radical (unpaired) electrons. The molecule has 0 atom stereocenters. The Labute approximate surface area is 105 Å². The highest BCUT2D eigenvalue weighted by molar-refractivity contribution is 5.24. The number of para-hydroxylation sites is 1. The maximum absolute atomic E-state index is 11.5. The number of benzene rings is 1. The van der Waals surface area contributed by atoms with Crippen molar-refractivity contribution in [3.63, 3.8) is 0 Å². The van der Waals surface area contributed by atoms with E-state index in [-0.39, 0.29) is 11.4 Å². The second-order valence-electron chi connectivity index (χ2n) is 4.95. The largest absolute Gasteiger partial charge is 0.424 e. The number of nitrogens with one attached hydrogen (secondary N) is 1. The Bertz CT molecular complexity index is 585. The van der Waals surface area contributed by atoms with E-state index in [9.17, 15) is 4.79 Å². The minimum Gasteiger partial charge on any atom is -0.424 e. The van der Waals surface area contributed by atoms with Crippen molar-refractivity contribution < 1.29 is 4.74 Å². The van der Waals surface area contributed by atoms with Gasteiger partial charge in [0.15, 0.2) is 0 Å². The maximum Gasteiger partial charge on any atom is 0.350 e. The van der Waals surface area contributed by atoms with E-state index in [1.807, 2.05) is 39.0 Å². The minimum absolute atomic E-state index is 0.0647. The highest BCUT2D eigenvalue weighted by atomic mass is 16.5. The van der Waals surface area contributed by atoms with Crippen molar-refractivity contribution in [2.75, 3.05) is 0 Å². The van der Waals surface area contributed by atoms with Crippen molar-refractivity contribution in [3.05, 3.63) is 46.6 Å². The Morgan fingerprint density at radius 2 is 1.78 bits per heavy atom. The summed E-state index contributed by atoms with van der Waals surface area (Å²) in [6.45, 7) is 5.87. The summed E-state index contributed by atoms with van der Waals surface area (Å²) in [7, 11) is 0. The van der Waals surface area contributed by atoms with Gasteiger partial charge in [0.1, 0.15) is 11.6 Å². The van der Waals surface area contributed by atoms with E-state index in [1.165, 1.54) is 0 Å². The fourth-order valence-electron chi connectivity index (χ4n) is 1.36. The first-order valence-corrected chi connectivity index (χ1v) is 5.67. The lowest BCUT2D eigenvalue weighted by atomic mass is 9.96. The molecule has 0 aliphatic carbocycles. The molecule has 0 bridgehead atoms. The molecule has 2 aromatic rings. The predicted octanol–water partition coefficient (Wildman–Crippen LogP) is 2.25. The Morgan fingerprint density at radius 3 is 2.39 bits per heavy atom. The molecule has 5 heteroatoms. The Kier molecular flexibility index (Phi) is 3.14. The van der Waals surface area contributed by atoms with Gasteiger partial charge in [-0.1, -0.05) is 39.0 Å². The molecule has 0 fully saturated rings. The van der Waals surface area contributed by atoms with Gasteiger partial charge in [-0.05, 0) is 12.1 Å². The predicted molar refractivity (Wildman–Crippen MR) is 67.9 cm³/mol. The summed E-state index contributed by atoms with van der Waals surface area (Å²) in [5.41, 5.74) is -0.725. The van der Waals surface area contributed by atoms with Gasteiger partial charge in [0.25, 0.3) is 0 Å². The van der Waals surface area contributed by atoms with Crippen LogP contribution in [0.4, 0.5) is 0 Å². The van der Waals surface area contributed by atoms with Crippen LogP contribution in [0, 0.1) is 0 Å². The van der Waals surface area contributed by atoms with Crippen molar-refractivity contribution in [1.29, 1.82) is 0 Å². The summed E-state index contributed by atoms with van der Waals surface area (Å²) in [6.07, 6.45) is 0. The van der Waals surface area contributed by atoms with Crippen LogP contribution in [-0.4, -0.2) is 15.0 Å². The van der Waals surface area contributed by atoms with E-state index >= 15 is 0 Å². The lowest BCUT2D eigenvalue weighted by Gasteiger charge is -2.16. The van der Waals surface area contributed by atoms with Gasteiger partial charge in [0.05, 0.1) is 0 Å². The molecule has 0 saturated heterocycles. The molecule has 1 aromatic heterocycles. The van der Waals surface area contributed by atoms with Gasteiger partial charge < -0.3 is 4.74 Å². The molecule has 2 rings (SSSR count). The van der Waals surface area contributed by atoms with Crippen LogP contribution in [0.2, 0.25) is 0 Å². The number of rotatable bonds is 2. The number of ether oxygens (including phenoxy) is 1. The van der Waals surface area contributed by atoms with Crippen LogP contribution in [0.1, 0.15) is 26.6 Å². The lowest BCUT2D eigenvalue weighted by Crippen LogP contribution is -2.24. The molecule has 94 valence electrons. The Hall–Kier alpha value is -2.17. The minimum atomic E-state index is -0.458. The van der Waals surface area contributed by atoms with Gasteiger partial charge in [0.2, 0.25) is 0 Å². The van der Waals surface area contributed by atoms with Gasteiger partial charge >= 0.3 is 11.7 Å². The van der Waals surface area contributed by atoms with Crippen LogP contribution < -0.4 is 10.4 Å². The third kappa shape index (κ3) is 2.94. The summed E-state index contributed by atoms with van der Waals surface area (Å²) < 4.78 is 5.45. The molecule has 1 aromatic carbocycles. The van der Waals surface area contributed by atoms with Crippen LogP contribution in [0.3, 0.4) is 0 Å². The van der Waals surface area contributed by atoms with Gasteiger partial charge in [-0.3, -0.25) is 4.98 Å². The number of hydrogen-bond acceptors (Lipinski definition) is 4. The van der Waals surface area contributed by atoms with E-state index in [0.29, 0.717) is 11.6 Å². The molecule has 0 unspecified atom stereocenters. The molecular weight excluding hydrogens is 230 g/mol. The zero-order chi connectivity index (χ0) is 13.2. The first-order valence-electron chi connectivity index (χ1n) is 5.67. The fourth-order valence-corrected chi connectivity index (χ4v) is 1.36. The van der Waals surface area contributed by atoms with E-state index in [2.05, 4.69) is 15.0 Å². The molecular formula is C13H15N3O2. The standard InChI is InChI=1S/C13H15N3O2/c1-13(2,3)10-14-11(17)16-12(15-10)18-9-7-5-4-6-8-9/h4-8H,1-3H3,(H,14,15,16,17). The fraction of sp³-hybridized carbons (Fsp3) is 0.308. The van der Waals surface area contributed by atoms with Crippen molar-refractivity contribution in [1.82, 2.24) is 15.0 Å². The summed E-state index contributed by atoms with van der Waals surface area (Å²) in [4.78, 5) is 22.0. The summed E-state index contributed by atoms with van der Waals surface area (Å²) in [5.74, 6) is 1.15. The number of H-pyrrole nitrogens is 1. The first-order chi connectivity index (χ1) is 8.45. The summed E-state index contributed by atoms with van der Waals surface area (Å²) in [5, 5.41) is 0. The van der Waals surface area contributed by atoms with Crippen molar-refractivity contribution >= 4 is 0 Å². The highest BCUT2D eigenvalue weighted by Crippen LogP contribution is 2.20. The zero-order valence-corrected chi connectivity index (χ0v) is 10.6. The third-order valence-corrected chi connectivity index (χ3v) is 2.29. The van der Waals surface area contributed by atoms with Crippen LogP contribution >= 0.6 is 0 Å². The quantitative estimate of drug-likeness (QED) is 0.881. The second-order valence-corrected chi connectivity index (χ2v) is 4.95. The normalized spacial score (nSPS) is 11.3. The van der Waals surface area contributed by atoms with E-state index < -0.39 is 5.69 Å². The molecule has 0 aliphatic rings. The number of hydrogen-bond donors (Lipinski definition) is 1. The average Bonchev–Trinajstić information content (AvgIpc) is 2.28. The first kappa shape index (κ1) is 12.3. The summed E-state index contributed by atoms with van der Waals surface area (Å²) >= 11 is 0. The molecule has 1 heterocycles.